The molecule has 1 aromatic carbocycles. The van der Waals surface area contributed by atoms with Crippen molar-refractivity contribution < 1.29 is 4.74 Å². The molecule has 0 fully saturated rings. The Bertz CT molecular complexity index is 631. The van der Waals surface area contributed by atoms with Crippen LogP contribution in [0.5, 0.6) is 5.75 Å². The second kappa shape index (κ2) is 6.90. The molecule has 0 bridgehead atoms. The minimum atomic E-state index is 0.206. The van der Waals surface area contributed by atoms with Gasteiger partial charge in [-0.25, -0.2) is 0 Å². The molecule has 0 aliphatic carbocycles. The van der Waals surface area contributed by atoms with Crippen molar-refractivity contribution in [1.29, 1.82) is 0 Å². The lowest BCUT2D eigenvalue weighted by atomic mass is 10.0. The summed E-state index contributed by atoms with van der Waals surface area (Å²) in [5, 5.41) is 8.95. The fourth-order valence-electron chi connectivity index (χ4n) is 2.84. The van der Waals surface area contributed by atoms with Crippen LogP contribution in [0.1, 0.15) is 31.4 Å². The van der Waals surface area contributed by atoms with Gasteiger partial charge in [0, 0.05) is 30.0 Å². The van der Waals surface area contributed by atoms with E-state index in [4.69, 9.17) is 27.9 Å². The van der Waals surface area contributed by atoms with E-state index in [2.05, 4.69) is 17.3 Å². The van der Waals surface area contributed by atoms with E-state index >= 15 is 0 Å². The van der Waals surface area contributed by atoms with Crippen LogP contribution >= 0.6 is 23.2 Å². The maximum Gasteiger partial charge on any atom is 0.144 e. The van der Waals surface area contributed by atoms with E-state index < -0.39 is 0 Å². The van der Waals surface area contributed by atoms with Gasteiger partial charge in [0.2, 0.25) is 0 Å². The zero-order valence-corrected chi connectivity index (χ0v) is 13.9. The van der Waals surface area contributed by atoms with E-state index in [1.807, 2.05) is 29.1 Å². The molecular weight excluding hydrogens is 321 g/mol. The summed E-state index contributed by atoms with van der Waals surface area (Å²) in [6.07, 6.45) is 5.76. The van der Waals surface area contributed by atoms with E-state index in [-0.39, 0.29) is 12.1 Å². The number of benzene rings is 1. The van der Waals surface area contributed by atoms with E-state index in [0.29, 0.717) is 16.7 Å². The highest BCUT2D eigenvalue weighted by Gasteiger charge is 2.24. The van der Waals surface area contributed by atoms with Gasteiger partial charge in [-0.05, 0) is 31.9 Å². The maximum atomic E-state index is 6.30. The van der Waals surface area contributed by atoms with E-state index in [9.17, 15) is 0 Å². The summed E-state index contributed by atoms with van der Waals surface area (Å²) >= 11 is 12.4. The van der Waals surface area contributed by atoms with Crippen molar-refractivity contribution in [3.63, 3.8) is 0 Å². The fraction of sp³-hybridized carbons (Fsp3) is 0.438. The summed E-state index contributed by atoms with van der Waals surface area (Å²) in [5.41, 5.74) is 1.08. The lowest BCUT2D eigenvalue weighted by Gasteiger charge is -2.23. The predicted octanol–water partition coefficient (Wildman–Crippen LogP) is 4.08. The monoisotopic (exact) mass is 339 g/mol. The largest absolute Gasteiger partial charge is 0.492 e. The summed E-state index contributed by atoms with van der Waals surface area (Å²) in [5.74, 6) is 0.718. The Morgan fingerprint density at radius 2 is 2.32 bits per heavy atom. The van der Waals surface area contributed by atoms with E-state index in [1.165, 1.54) is 0 Å². The molecule has 1 aromatic heterocycles. The molecule has 0 saturated heterocycles. The van der Waals surface area contributed by atoms with Crippen molar-refractivity contribution in [2.75, 3.05) is 6.61 Å². The van der Waals surface area contributed by atoms with Crippen LogP contribution in [0.4, 0.5) is 0 Å². The van der Waals surface area contributed by atoms with Crippen molar-refractivity contribution in [1.82, 2.24) is 15.1 Å². The first-order chi connectivity index (χ1) is 10.6. The molecule has 2 aromatic rings. The van der Waals surface area contributed by atoms with Crippen LogP contribution in [-0.4, -0.2) is 22.4 Å². The highest BCUT2D eigenvalue weighted by molar-refractivity contribution is 6.43. The first-order valence-corrected chi connectivity index (χ1v) is 8.25. The molecule has 1 aliphatic heterocycles. The molecule has 0 radical (unpaired) electrons. The summed E-state index contributed by atoms with van der Waals surface area (Å²) in [6, 6.07) is 6.27. The fourth-order valence-corrected chi connectivity index (χ4v) is 3.22. The lowest BCUT2D eigenvalue weighted by molar-refractivity contribution is 0.313. The lowest BCUT2D eigenvalue weighted by Crippen LogP contribution is -2.34. The number of fused-ring (bicyclic) bond motifs is 1. The van der Waals surface area contributed by atoms with Gasteiger partial charge >= 0.3 is 0 Å². The third-order valence-electron chi connectivity index (χ3n) is 3.85. The average Bonchev–Trinajstić information content (AvgIpc) is 2.91. The molecule has 0 saturated carbocycles. The molecule has 0 unspecified atom stereocenters. The Morgan fingerprint density at radius 3 is 3.09 bits per heavy atom. The third-order valence-corrected chi connectivity index (χ3v) is 4.63. The van der Waals surface area contributed by atoms with Crippen molar-refractivity contribution in [3.8, 4) is 5.75 Å². The Morgan fingerprint density at radius 1 is 1.45 bits per heavy atom. The first kappa shape index (κ1) is 15.7. The number of nitrogens with one attached hydrogen (secondary N) is 1. The Labute approximate surface area is 140 Å². The molecule has 2 heterocycles. The Balaban J connectivity index is 1.78. The van der Waals surface area contributed by atoms with Gasteiger partial charge in [0.25, 0.3) is 0 Å². The van der Waals surface area contributed by atoms with Crippen LogP contribution in [-0.2, 0) is 6.54 Å². The number of halogens is 2. The molecule has 1 N–H and O–H groups in total. The second-order valence-electron chi connectivity index (χ2n) is 5.62. The average molecular weight is 340 g/mol. The van der Waals surface area contributed by atoms with E-state index in [1.54, 1.807) is 6.20 Å². The molecule has 0 amide bonds. The third kappa shape index (κ3) is 3.40. The summed E-state index contributed by atoms with van der Waals surface area (Å²) in [6.45, 7) is 3.64. The highest BCUT2D eigenvalue weighted by atomic mass is 35.5. The predicted molar refractivity (Wildman–Crippen MR) is 88.8 cm³/mol. The van der Waals surface area contributed by atoms with Gasteiger partial charge < -0.3 is 10.1 Å². The molecule has 22 heavy (non-hydrogen) atoms. The SMILES string of the molecule is C[C@H](Cn1cccn1)N[C@H]1CCCOc2c1ccc(Cl)c2Cl. The maximum absolute atomic E-state index is 6.30. The number of hydrogen-bond donors (Lipinski definition) is 1. The van der Waals surface area contributed by atoms with Gasteiger partial charge in [-0.15, -0.1) is 0 Å². The molecule has 4 nitrogen and oxygen atoms in total. The number of ether oxygens (including phenoxy) is 1. The van der Waals surface area contributed by atoms with Crippen molar-refractivity contribution in [2.24, 2.45) is 0 Å². The molecule has 0 spiro atoms. The van der Waals surface area contributed by atoms with Gasteiger partial charge in [-0.1, -0.05) is 29.3 Å². The van der Waals surface area contributed by atoms with Crippen LogP contribution in [0.25, 0.3) is 0 Å². The van der Waals surface area contributed by atoms with Crippen molar-refractivity contribution >= 4 is 23.2 Å². The van der Waals surface area contributed by atoms with E-state index in [0.717, 1.165) is 30.7 Å². The number of aromatic nitrogens is 2. The zero-order valence-electron chi connectivity index (χ0n) is 12.4. The zero-order chi connectivity index (χ0) is 15.5. The normalized spacial score (nSPS) is 19.1. The van der Waals surface area contributed by atoms with Crippen LogP contribution in [0, 0.1) is 0 Å². The Hall–Kier alpha value is -1.23. The van der Waals surface area contributed by atoms with Crippen LogP contribution < -0.4 is 10.1 Å². The van der Waals surface area contributed by atoms with Gasteiger partial charge in [0.1, 0.15) is 10.8 Å². The first-order valence-electron chi connectivity index (χ1n) is 7.49. The number of rotatable bonds is 4. The van der Waals surface area contributed by atoms with Gasteiger partial charge in [-0.2, -0.15) is 5.10 Å². The van der Waals surface area contributed by atoms with Crippen molar-refractivity contribution in [3.05, 3.63) is 46.2 Å². The minimum Gasteiger partial charge on any atom is -0.492 e. The minimum absolute atomic E-state index is 0.206. The topological polar surface area (TPSA) is 39.1 Å². The standard InChI is InChI=1S/C16H19Cl2N3O/c1-11(10-21-8-3-7-19-21)20-14-4-2-9-22-16-12(14)5-6-13(17)15(16)18/h3,5-8,11,14,20H,2,4,9-10H2,1H3/t11-,14+/m1/s1. The molecule has 118 valence electrons. The molecule has 2 atom stereocenters. The van der Waals surface area contributed by atoms with Crippen molar-refractivity contribution in [2.45, 2.75) is 38.4 Å². The highest BCUT2D eigenvalue weighted by Crippen LogP contribution is 2.41. The Kier molecular flexibility index (Phi) is 4.91. The smallest absolute Gasteiger partial charge is 0.144 e. The number of hydrogen-bond acceptors (Lipinski definition) is 3. The van der Waals surface area contributed by atoms with Crippen LogP contribution in [0.2, 0.25) is 10.0 Å². The second-order valence-corrected chi connectivity index (χ2v) is 6.40. The molecule has 3 rings (SSSR count). The summed E-state index contributed by atoms with van der Waals surface area (Å²) < 4.78 is 7.73. The molecule has 6 heteroatoms. The number of nitrogens with zero attached hydrogens (tertiary/aromatic N) is 2. The quantitative estimate of drug-likeness (QED) is 0.911. The summed E-state index contributed by atoms with van der Waals surface area (Å²) in [4.78, 5) is 0. The van der Waals surface area contributed by atoms with Gasteiger partial charge in [-0.3, -0.25) is 4.68 Å². The van der Waals surface area contributed by atoms with Gasteiger partial charge in [0.15, 0.2) is 0 Å². The van der Waals surface area contributed by atoms with Crippen LogP contribution in [0.3, 0.4) is 0 Å². The molecular formula is C16H19Cl2N3O. The summed E-state index contributed by atoms with van der Waals surface area (Å²) in [7, 11) is 0. The molecule has 1 aliphatic rings. The van der Waals surface area contributed by atoms with Crippen LogP contribution in [0.15, 0.2) is 30.6 Å². The van der Waals surface area contributed by atoms with Gasteiger partial charge in [0.05, 0.1) is 18.2 Å².